The molecule has 0 radical (unpaired) electrons. The Morgan fingerprint density at radius 1 is 0.720 bits per heavy atom. The molecule has 4 aromatic rings. The van der Waals surface area contributed by atoms with Gasteiger partial charge in [0, 0.05) is 11.3 Å². The minimum Gasteiger partial charge on any atom is -0.465 e. The number of amides is 1. The molecule has 262 valence electrons. The lowest BCUT2D eigenvalue weighted by molar-refractivity contribution is -0.170. The summed E-state index contributed by atoms with van der Waals surface area (Å²) >= 11 is 0. The van der Waals surface area contributed by atoms with Crippen molar-refractivity contribution < 1.29 is 46.6 Å². The van der Waals surface area contributed by atoms with Crippen LogP contribution in [0.3, 0.4) is 0 Å². The van der Waals surface area contributed by atoms with Crippen molar-refractivity contribution in [3.8, 4) is 11.1 Å². The van der Waals surface area contributed by atoms with Gasteiger partial charge in [0.2, 0.25) is 5.41 Å². The highest BCUT2D eigenvalue weighted by atomic mass is 19.4. The second-order valence-electron chi connectivity index (χ2n) is 11.7. The fourth-order valence-electron chi connectivity index (χ4n) is 5.43. The minimum absolute atomic E-state index is 0.0116. The van der Waals surface area contributed by atoms with Crippen molar-refractivity contribution in [3.05, 3.63) is 125 Å². The van der Waals surface area contributed by atoms with Crippen LogP contribution >= 0.6 is 0 Å². The summed E-state index contributed by atoms with van der Waals surface area (Å²) in [5, 5.41) is 2.91. The molecular formula is C39H38F3NO7. The van der Waals surface area contributed by atoms with Crippen molar-refractivity contribution in [2.75, 3.05) is 25.1 Å². The SMILES string of the molecule is CCOC(=O)C(COC(=O)Cc1ccc(NC(=O)c2ccccc2-c2ccc(C(F)(F)F)cc2)c(C(C)C)c1)(C(=O)OCC)c1ccccc1. The highest BCUT2D eigenvalue weighted by Crippen LogP contribution is 2.33. The molecule has 0 spiro atoms. The van der Waals surface area contributed by atoms with Crippen LogP contribution in [0.15, 0.2) is 97.1 Å². The normalized spacial score (nSPS) is 11.5. The number of alkyl halides is 3. The number of carbonyl (C=O) groups excluding carboxylic acids is 4. The van der Waals surface area contributed by atoms with Gasteiger partial charge < -0.3 is 19.5 Å². The molecular weight excluding hydrogens is 651 g/mol. The maximum absolute atomic E-state index is 13.5. The average Bonchev–Trinajstić information content (AvgIpc) is 3.09. The Kier molecular flexibility index (Phi) is 12.2. The van der Waals surface area contributed by atoms with Crippen molar-refractivity contribution >= 4 is 29.5 Å². The van der Waals surface area contributed by atoms with Crippen LogP contribution < -0.4 is 5.32 Å². The third-order valence-electron chi connectivity index (χ3n) is 7.99. The Bertz CT molecular complexity index is 1800. The van der Waals surface area contributed by atoms with Crippen LogP contribution in [0.1, 0.15) is 66.2 Å². The van der Waals surface area contributed by atoms with Crippen molar-refractivity contribution in [2.45, 2.75) is 51.6 Å². The molecule has 0 saturated carbocycles. The van der Waals surface area contributed by atoms with Gasteiger partial charge in [-0.2, -0.15) is 13.2 Å². The van der Waals surface area contributed by atoms with Gasteiger partial charge in [0.1, 0.15) is 6.61 Å². The molecule has 0 fully saturated rings. The Morgan fingerprint density at radius 2 is 1.32 bits per heavy atom. The molecule has 8 nitrogen and oxygen atoms in total. The number of esters is 3. The Labute approximate surface area is 288 Å². The monoisotopic (exact) mass is 689 g/mol. The van der Waals surface area contributed by atoms with Gasteiger partial charge in [-0.05, 0) is 71.8 Å². The van der Waals surface area contributed by atoms with E-state index in [1.807, 2.05) is 13.8 Å². The third-order valence-corrected chi connectivity index (χ3v) is 7.99. The topological polar surface area (TPSA) is 108 Å². The lowest BCUT2D eigenvalue weighted by atomic mass is 9.81. The van der Waals surface area contributed by atoms with E-state index in [2.05, 4.69) is 5.32 Å². The molecule has 0 atom stereocenters. The zero-order valence-corrected chi connectivity index (χ0v) is 28.1. The van der Waals surface area contributed by atoms with Crippen molar-refractivity contribution in [1.82, 2.24) is 0 Å². The summed E-state index contributed by atoms with van der Waals surface area (Å²) < 4.78 is 55.4. The van der Waals surface area contributed by atoms with Gasteiger partial charge in [0.05, 0.1) is 25.2 Å². The van der Waals surface area contributed by atoms with E-state index in [1.54, 1.807) is 86.6 Å². The van der Waals surface area contributed by atoms with E-state index >= 15 is 0 Å². The first-order valence-corrected chi connectivity index (χ1v) is 16.1. The number of hydrogen-bond acceptors (Lipinski definition) is 7. The summed E-state index contributed by atoms with van der Waals surface area (Å²) in [6.45, 7) is 6.36. The maximum atomic E-state index is 13.5. The molecule has 1 N–H and O–H groups in total. The fraction of sp³-hybridized carbons (Fsp3) is 0.282. The highest BCUT2D eigenvalue weighted by Gasteiger charge is 2.52. The van der Waals surface area contributed by atoms with Crippen molar-refractivity contribution in [1.29, 1.82) is 0 Å². The maximum Gasteiger partial charge on any atom is 0.416 e. The molecule has 4 rings (SSSR count). The predicted octanol–water partition coefficient (Wildman–Crippen LogP) is 7.90. The van der Waals surface area contributed by atoms with E-state index in [0.717, 1.165) is 12.1 Å². The number of anilines is 1. The van der Waals surface area contributed by atoms with Crippen molar-refractivity contribution in [3.63, 3.8) is 0 Å². The van der Waals surface area contributed by atoms with Gasteiger partial charge in [-0.15, -0.1) is 0 Å². The lowest BCUT2D eigenvalue weighted by Gasteiger charge is -2.29. The van der Waals surface area contributed by atoms with Crippen LogP contribution in [0.2, 0.25) is 0 Å². The van der Waals surface area contributed by atoms with Crippen LogP contribution in [-0.4, -0.2) is 43.6 Å². The molecule has 0 aliphatic rings. The summed E-state index contributed by atoms with van der Waals surface area (Å²) in [6.07, 6.45) is -4.69. The quantitative estimate of drug-likeness (QED) is 0.0864. The summed E-state index contributed by atoms with van der Waals surface area (Å²) in [7, 11) is 0. The van der Waals surface area contributed by atoms with E-state index < -0.39 is 47.6 Å². The van der Waals surface area contributed by atoms with Gasteiger partial charge >= 0.3 is 24.1 Å². The van der Waals surface area contributed by atoms with E-state index in [0.29, 0.717) is 27.9 Å². The molecule has 0 heterocycles. The summed E-state index contributed by atoms with van der Waals surface area (Å²) in [5.41, 5.74) is 0.361. The zero-order valence-electron chi connectivity index (χ0n) is 28.1. The predicted molar refractivity (Wildman–Crippen MR) is 181 cm³/mol. The molecule has 0 aliphatic carbocycles. The van der Waals surface area contributed by atoms with Gasteiger partial charge in [-0.1, -0.05) is 86.6 Å². The fourth-order valence-corrected chi connectivity index (χ4v) is 5.43. The average molecular weight is 690 g/mol. The van der Waals surface area contributed by atoms with Crippen LogP contribution in [0, 0.1) is 0 Å². The van der Waals surface area contributed by atoms with Gasteiger partial charge in [-0.3, -0.25) is 19.2 Å². The number of ether oxygens (including phenoxy) is 3. The first-order chi connectivity index (χ1) is 23.8. The highest BCUT2D eigenvalue weighted by molar-refractivity contribution is 6.09. The number of halogens is 3. The zero-order chi connectivity index (χ0) is 36.5. The standard InChI is InChI=1S/C39H38F3NO7/c1-5-48-36(46)38(37(47)49-6-2,28-12-8-7-9-13-28)24-50-34(44)23-26-16-21-33(32(22-26)25(3)4)43-35(45)31-15-11-10-14-30(31)27-17-19-29(20-18-27)39(40,41)42/h7-22,25H,5-6,23-24H2,1-4H3,(H,43,45). The Balaban J connectivity index is 1.54. The second-order valence-corrected chi connectivity index (χ2v) is 11.7. The number of rotatable bonds is 13. The largest absolute Gasteiger partial charge is 0.465 e. The second kappa shape index (κ2) is 16.3. The molecule has 0 unspecified atom stereocenters. The number of benzene rings is 4. The first kappa shape index (κ1) is 37.4. The molecule has 1 amide bonds. The van der Waals surface area contributed by atoms with Gasteiger partial charge in [-0.25, -0.2) is 0 Å². The van der Waals surface area contributed by atoms with Crippen LogP contribution in [0.4, 0.5) is 18.9 Å². The van der Waals surface area contributed by atoms with Crippen LogP contribution in [0.25, 0.3) is 11.1 Å². The summed E-state index contributed by atoms with van der Waals surface area (Å²) in [4.78, 5) is 53.2. The van der Waals surface area contributed by atoms with Gasteiger partial charge in [0.25, 0.3) is 5.91 Å². The molecule has 0 aromatic heterocycles. The molecule has 0 aliphatic heterocycles. The molecule has 11 heteroatoms. The van der Waals surface area contributed by atoms with E-state index in [-0.39, 0.29) is 36.7 Å². The minimum atomic E-state index is -4.48. The van der Waals surface area contributed by atoms with Crippen LogP contribution in [0.5, 0.6) is 0 Å². The summed E-state index contributed by atoms with van der Waals surface area (Å²) in [5.74, 6) is -3.08. The lowest BCUT2D eigenvalue weighted by Crippen LogP contribution is -2.50. The number of hydrogen-bond donors (Lipinski definition) is 1. The number of nitrogens with one attached hydrogen (secondary N) is 1. The summed E-state index contributed by atoms with van der Waals surface area (Å²) in [6, 6.07) is 24.4. The molecule has 4 aromatic carbocycles. The van der Waals surface area contributed by atoms with Crippen LogP contribution in [-0.2, 0) is 46.6 Å². The third kappa shape index (κ3) is 8.58. The smallest absolute Gasteiger partial charge is 0.416 e. The van der Waals surface area contributed by atoms with E-state index in [4.69, 9.17) is 14.2 Å². The van der Waals surface area contributed by atoms with E-state index in [9.17, 15) is 32.3 Å². The Hall–Kier alpha value is -5.45. The van der Waals surface area contributed by atoms with E-state index in [1.165, 1.54) is 12.1 Å². The Morgan fingerprint density at radius 3 is 1.90 bits per heavy atom. The van der Waals surface area contributed by atoms with Gasteiger partial charge in [0.15, 0.2) is 0 Å². The molecule has 0 bridgehead atoms. The number of carbonyl (C=O) groups is 4. The first-order valence-electron chi connectivity index (χ1n) is 16.1. The molecule has 0 saturated heterocycles. The van der Waals surface area contributed by atoms with Crippen molar-refractivity contribution in [2.24, 2.45) is 0 Å². The molecule has 50 heavy (non-hydrogen) atoms.